The zero-order chi connectivity index (χ0) is 18.7. The fourth-order valence-corrected chi connectivity index (χ4v) is 3.57. The van der Waals surface area contributed by atoms with Gasteiger partial charge in [-0.25, -0.2) is 4.98 Å². The second kappa shape index (κ2) is 7.45. The van der Waals surface area contributed by atoms with Crippen LogP contribution in [0.15, 0.2) is 47.8 Å². The Balaban J connectivity index is 1.72. The lowest BCUT2D eigenvalue weighted by atomic mass is 10.1. The molecule has 0 aliphatic rings. The molecule has 0 radical (unpaired) electrons. The molecule has 26 heavy (non-hydrogen) atoms. The molecular weight excluding hydrogens is 350 g/mol. The van der Waals surface area contributed by atoms with Crippen molar-refractivity contribution in [1.29, 1.82) is 0 Å². The van der Waals surface area contributed by atoms with Crippen LogP contribution >= 0.6 is 11.3 Å². The normalized spacial score (nSPS) is 10.5. The predicted molar refractivity (Wildman–Crippen MR) is 101 cm³/mol. The molecular formula is C19H17N3O3S. The van der Waals surface area contributed by atoms with Gasteiger partial charge in [0, 0.05) is 28.1 Å². The molecule has 1 aromatic heterocycles. The lowest BCUT2D eigenvalue weighted by Gasteiger charge is -2.07. The summed E-state index contributed by atoms with van der Waals surface area (Å²) in [6, 6.07) is 12.5. The summed E-state index contributed by atoms with van der Waals surface area (Å²) in [5.74, 6) is -0.350. The number of nitro groups is 1. The number of thiazole rings is 1. The van der Waals surface area contributed by atoms with E-state index in [-0.39, 0.29) is 18.1 Å². The van der Waals surface area contributed by atoms with Crippen LogP contribution in [0.25, 0.3) is 10.6 Å². The van der Waals surface area contributed by atoms with E-state index >= 15 is 0 Å². The first-order valence-electron chi connectivity index (χ1n) is 8.00. The molecule has 1 amide bonds. The molecule has 0 aliphatic heterocycles. The number of nitro benzene ring substituents is 1. The minimum atomic E-state index is -0.485. The van der Waals surface area contributed by atoms with Crippen molar-refractivity contribution < 1.29 is 9.72 Å². The average Bonchev–Trinajstić information content (AvgIpc) is 3.08. The Labute approximate surface area is 154 Å². The molecule has 2 aromatic carbocycles. The van der Waals surface area contributed by atoms with Gasteiger partial charge in [0.05, 0.1) is 17.2 Å². The van der Waals surface area contributed by atoms with E-state index in [1.54, 1.807) is 13.0 Å². The second-order valence-corrected chi connectivity index (χ2v) is 6.71. The second-order valence-electron chi connectivity index (χ2n) is 5.85. The highest BCUT2D eigenvalue weighted by Crippen LogP contribution is 2.26. The maximum atomic E-state index is 12.4. The molecule has 0 fully saturated rings. The first-order chi connectivity index (χ1) is 12.5. The van der Waals surface area contributed by atoms with Crippen molar-refractivity contribution in [2.75, 3.05) is 0 Å². The maximum absolute atomic E-state index is 12.4. The molecule has 0 spiro atoms. The number of carbonyl (C=O) groups excluding carboxylic acids is 1. The molecule has 1 heterocycles. The number of nitrogens with zero attached hydrogens (tertiary/aromatic N) is 2. The summed E-state index contributed by atoms with van der Waals surface area (Å²) in [6.45, 7) is 3.87. The van der Waals surface area contributed by atoms with E-state index < -0.39 is 4.92 Å². The fourth-order valence-electron chi connectivity index (χ4n) is 2.66. The van der Waals surface area contributed by atoms with Crippen LogP contribution in [-0.4, -0.2) is 15.8 Å². The summed E-state index contributed by atoms with van der Waals surface area (Å²) >= 11 is 1.52. The van der Waals surface area contributed by atoms with Crippen molar-refractivity contribution >= 4 is 22.9 Å². The molecule has 0 saturated carbocycles. The van der Waals surface area contributed by atoms with Crippen LogP contribution in [0, 0.1) is 24.0 Å². The van der Waals surface area contributed by atoms with Gasteiger partial charge < -0.3 is 5.32 Å². The molecule has 0 bridgehead atoms. The zero-order valence-corrected chi connectivity index (χ0v) is 15.2. The number of aryl methyl sites for hydroxylation is 1. The van der Waals surface area contributed by atoms with Crippen molar-refractivity contribution in [2.45, 2.75) is 20.4 Å². The van der Waals surface area contributed by atoms with Gasteiger partial charge in [0.1, 0.15) is 5.01 Å². The Hall–Kier alpha value is -3.06. The quantitative estimate of drug-likeness (QED) is 0.539. The van der Waals surface area contributed by atoms with Gasteiger partial charge in [-0.05, 0) is 25.5 Å². The predicted octanol–water partition coefficient (Wildman–Crippen LogP) is 4.27. The fraction of sp³-hybridized carbons (Fsp3) is 0.158. The maximum Gasteiger partial charge on any atom is 0.273 e. The molecule has 0 aliphatic carbocycles. The topological polar surface area (TPSA) is 85.1 Å². The van der Waals surface area contributed by atoms with Crippen LogP contribution in [-0.2, 0) is 6.54 Å². The largest absolute Gasteiger partial charge is 0.346 e. The molecule has 0 atom stereocenters. The Bertz CT molecular complexity index is 982. The summed E-state index contributed by atoms with van der Waals surface area (Å²) in [5.41, 5.74) is 3.56. The van der Waals surface area contributed by atoms with Gasteiger partial charge in [0.15, 0.2) is 0 Å². The van der Waals surface area contributed by atoms with Gasteiger partial charge in [-0.1, -0.05) is 30.3 Å². The van der Waals surface area contributed by atoms with E-state index in [2.05, 4.69) is 10.3 Å². The number of nitrogens with one attached hydrogen (secondary N) is 1. The molecule has 3 aromatic rings. The lowest BCUT2D eigenvalue weighted by molar-refractivity contribution is -0.385. The van der Waals surface area contributed by atoms with Gasteiger partial charge in [-0.2, -0.15) is 0 Å². The van der Waals surface area contributed by atoms with Crippen molar-refractivity contribution in [3.8, 4) is 10.6 Å². The summed E-state index contributed by atoms with van der Waals surface area (Å²) in [5, 5.41) is 16.6. The van der Waals surface area contributed by atoms with Crippen LogP contribution in [0.3, 0.4) is 0 Å². The van der Waals surface area contributed by atoms with Crippen molar-refractivity contribution in [2.24, 2.45) is 0 Å². The van der Waals surface area contributed by atoms with E-state index in [1.165, 1.54) is 23.5 Å². The van der Waals surface area contributed by atoms with E-state index in [1.807, 2.05) is 36.6 Å². The SMILES string of the molecule is Cc1ccccc1-c1nc(CNC(=O)c2cccc([N+](=O)[O-])c2C)cs1. The summed E-state index contributed by atoms with van der Waals surface area (Å²) in [4.78, 5) is 27.5. The summed E-state index contributed by atoms with van der Waals surface area (Å²) in [7, 11) is 0. The van der Waals surface area contributed by atoms with Crippen molar-refractivity contribution in [3.63, 3.8) is 0 Å². The van der Waals surface area contributed by atoms with Crippen LogP contribution < -0.4 is 5.32 Å². The Morgan fingerprint density at radius 1 is 1.19 bits per heavy atom. The summed E-state index contributed by atoms with van der Waals surface area (Å²) in [6.07, 6.45) is 0. The highest BCUT2D eigenvalue weighted by atomic mass is 32.1. The molecule has 3 rings (SSSR count). The molecule has 1 N–H and O–H groups in total. The van der Waals surface area contributed by atoms with Gasteiger partial charge in [-0.15, -0.1) is 11.3 Å². The standard InChI is InChI=1S/C19H17N3O3S/c1-12-6-3-4-7-15(12)19-21-14(11-26-19)10-20-18(23)16-8-5-9-17(13(16)2)22(24)25/h3-9,11H,10H2,1-2H3,(H,20,23). The number of carbonyl (C=O) groups is 1. The number of rotatable bonds is 5. The highest BCUT2D eigenvalue weighted by Gasteiger charge is 2.18. The van der Waals surface area contributed by atoms with Crippen LogP contribution in [0.1, 0.15) is 27.2 Å². The van der Waals surface area contributed by atoms with E-state index in [0.29, 0.717) is 11.1 Å². The molecule has 6 nitrogen and oxygen atoms in total. The monoisotopic (exact) mass is 367 g/mol. The first kappa shape index (κ1) is 17.8. The molecule has 132 valence electrons. The minimum absolute atomic E-state index is 0.0619. The van der Waals surface area contributed by atoms with Gasteiger partial charge in [-0.3, -0.25) is 14.9 Å². The van der Waals surface area contributed by atoms with Crippen LogP contribution in [0.5, 0.6) is 0 Å². The van der Waals surface area contributed by atoms with Gasteiger partial charge in [0.25, 0.3) is 11.6 Å². The average molecular weight is 367 g/mol. The number of benzene rings is 2. The Morgan fingerprint density at radius 2 is 1.96 bits per heavy atom. The third-order valence-corrected chi connectivity index (χ3v) is 5.03. The number of hydrogen-bond donors (Lipinski definition) is 1. The third kappa shape index (κ3) is 3.62. The Morgan fingerprint density at radius 3 is 2.69 bits per heavy atom. The van der Waals surface area contributed by atoms with Crippen molar-refractivity contribution in [1.82, 2.24) is 10.3 Å². The third-order valence-electron chi connectivity index (χ3n) is 4.10. The van der Waals surface area contributed by atoms with Crippen LogP contribution in [0.4, 0.5) is 5.69 Å². The van der Waals surface area contributed by atoms with E-state index in [0.717, 1.165) is 21.8 Å². The smallest absolute Gasteiger partial charge is 0.273 e. The number of amides is 1. The van der Waals surface area contributed by atoms with Gasteiger partial charge in [0.2, 0.25) is 0 Å². The lowest BCUT2D eigenvalue weighted by Crippen LogP contribution is -2.24. The van der Waals surface area contributed by atoms with E-state index in [9.17, 15) is 14.9 Å². The number of hydrogen-bond acceptors (Lipinski definition) is 5. The number of aromatic nitrogens is 1. The first-order valence-corrected chi connectivity index (χ1v) is 8.88. The van der Waals surface area contributed by atoms with Crippen molar-refractivity contribution in [3.05, 3.63) is 80.3 Å². The van der Waals surface area contributed by atoms with Gasteiger partial charge >= 0.3 is 0 Å². The highest BCUT2D eigenvalue weighted by molar-refractivity contribution is 7.13. The van der Waals surface area contributed by atoms with Crippen LogP contribution in [0.2, 0.25) is 0 Å². The molecule has 0 unspecified atom stereocenters. The molecule has 7 heteroatoms. The zero-order valence-electron chi connectivity index (χ0n) is 14.4. The molecule has 0 saturated heterocycles. The summed E-state index contributed by atoms with van der Waals surface area (Å²) < 4.78 is 0. The Kier molecular flexibility index (Phi) is 5.09. The van der Waals surface area contributed by atoms with E-state index in [4.69, 9.17) is 0 Å². The minimum Gasteiger partial charge on any atom is -0.346 e.